The lowest BCUT2D eigenvalue weighted by Crippen LogP contribution is -2.06. The molecule has 1 aromatic carbocycles. The van der Waals surface area contributed by atoms with Crippen LogP contribution in [0.5, 0.6) is 11.5 Å². The van der Waals surface area contributed by atoms with Crippen LogP contribution in [0, 0.1) is 0 Å². The van der Waals surface area contributed by atoms with Crippen molar-refractivity contribution in [1.82, 2.24) is 14.8 Å². The van der Waals surface area contributed by atoms with Crippen LogP contribution in [-0.4, -0.2) is 29.0 Å². The van der Waals surface area contributed by atoms with Crippen LogP contribution >= 0.6 is 0 Å². The van der Waals surface area contributed by atoms with Crippen LogP contribution in [0.4, 0.5) is 11.5 Å². The summed E-state index contributed by atoms with van der Waals surface area (Å²) in [5, 5.41) is 7.70. The van der Waals surface area contributed by atoms with Gasteiger partial charge in [0.1, 0.15) is 17.3 Å². The van der Waals surface area contributed by atoms with Gasteiger partial charge >= 0.3 is 0 Å². The zero-order valence-electron chi connectivity index (χ0n) is 13.1. The van der Waals surface area contributed by atoms with E-state index in [-0.39, 0.29) is 0 Å². The summed E-state index contributed by atoms with van der Waals surface area (Å²) in [6.07, 6.45) is 5.35. The van der Waals surface area contributed by atoms with E-state index in [0.29, 0.717) is 6.54 Å². The first-order valence-corrected chi connectivity index (χ1v) is 7.19. The Kier molecular flexibility index (Phi) is 4.42. The van der Waals surface area contributed by atoms with Gasteiger partial charge in [0, 0.05) is 42.3 Å². The standard InChI is InChI=1S/C17H18N4O2/c1-22-15-8-14(9-16(10-15)23-2)20-17-5-7-19-21(17)12-13-4-3-6-18-11-13/h3-11,20H,12H2,1-2H3. The van der Waals surface area contributed by atoms with Gasteiger partial charge in [-0.25, -0.2) is 4.68 Å². The molecule has 6 heteroatoms. The van der Waals surface area contributed by atoms with Crippen molar-refractivity contribution in [2.45, 2.75) is 6.54 Å². The summed E-state index contributed by atoms with van der Waals surface area (Å²) < 4.78 is 12.5. The molecule has 0 radical (unpaired) electrons. The highest BCUT2D eigenvalue weighted by Crippen LogP contribution is 2.28. The van der Waals surface area contributed by atoms with Crippen LogP contribution < -0.4 is 14.8 Å². The van der Waals surface area contributed by atoms with E-state index in [2.05, 4.69) is 15.4 Å². The van der Waals surface area contributed by atoms with Crippen LogP contribution in [0.1, 0.15) is 5.56 Å². The SMILES string of the molecule is COc1cc(Nc2ccnn2Cc2cccnc2)cc(OC)c1. The van der Waals surface area contributed by atoms with Gasteiger partial charge in [0.25, 0.3) is 0 Å². The highest BCUT2D eigenvalue weighted by Gasteiger charge is 2.07. The molecule has 0 aliphatic heterocycles. The number of nitrogens with one attached hydrogen (secondary N) is 1. The fourth-order valence-corrected chi connectivity index (χ4v) is 2.26. The van der Waals surface area contributed by atoms with Gasteiger partial charge in [0.2, 0.25) is 0 Å². The highest BCUT2D eigenvalue weighted by atomic mass is 16.5. The van der Waals surface area contributed by atoms with Crippen LogP contribution in [0.2, 0.25) is 0 Å². The largest absolute Gasteiger partial charge is 0.497 e. The van der Waals surface area contributed by atoms with Crippen molar-refractivity contribution >= 4 is 11.5 Å². The summed E-state index contributed by atoms with van der Waals surface area (Å²) in [6, 6.07) is 11.5. The Morgan fingerprint density at radius 3 is 2.48 bits per heavy atom. The molecule has 0 amide bonds. The number of benzene rings is 1. The molecular formula is C17H18N4O2. The molecule has 0 saturated carbocycles. The van der Waals surface area contributed by atoms with E-state index in [1.807, 2.05) is 47.3 Å². The molecule has 3 aromatic rings. The number of methoxy groups -OCH3 is 2. The van der Waals surface area contributed by atoms with E-state index in [9.17, 15) is 0 Å². The first-order chi connectivity index (χ1) is 11.3. The molecule has 0 atom stereocenters. The minimum absolute atomic E-state index is 0.643. The normalized spacial score (nSPS) is 10.3. The Hall–Kier alpha value is -3.02. The molecule has 0 saturated heterocycles. The van der Waals surface area contributed by atoms with Crippen molar-refractivity contribution in [3.63, 3.8) is 0 Å². The van der Waals surface area contributed by atoms with Gasteiger partial charge in [-0.05, 0) is 11.6 Å². The van der Waals surface area contributed by atoms with Crippen molar-refractivity contribution in [1.29, 1.82) is 0 Å². The zero-order valence-corrected chi connectivity index (χ0v) is 13.1. The molecule has 6 nitrogen and oxygen atoms in total. The molecule has 0 bridgehead atoms. The van der Waals surface area contributed by atoms with Gasteiger partial charge in [0.05, 0.1) is 27.0 Å². The third-order valence-electron chi connectivity index (χ3n) is 3.40. The van der Waals surface area contributed by atoms with Gasteiger partial charge in [-0.2, -0.15) is 5.10 Å². The Labute approximate surface area is 134 Å². The summed E-state index contributed by atoms with van der Waals surface area (Å²) in [5.41, 5.74) is 1.96. The third kappa shape index (κ3) is 3.60. The zero-order chi connectivity index (χ0) is 16.1. The monoisotopic (exact) mass is 310 g/mol. The second-order valence-corrected chi connectivity index (χ2v) is 4.96. The lowest BCUT2D eigenvalue weighted by Gasteiger charge is -2.12. The summed E-state index contributed by atoms with van der Waals surface area (Å²) in [7, 11) is 3.26. The van der Waals surface area contributed by atoms with Crippen molar-refractivity contribution in [3.8, 4) is 11.5 Å². The second-order valence-electron chi connectivity index (χ2n) is 4.96. The number of anilines is 2. The van der Waals surface area contributed by atoms with Crippen molar-refractivity contribution in [2.75, 3.05) is 19.5 Å². The first-order valence-electron chi connectivity index (χ1n) is 7.19. The van der Waals surface area contributed by atoms with E-state index in [4.69, 9.17) is 9.47 Å². The molecule has 0 fully saturated rings. The van der Waals surface area contributed by atoms with Gasteiger partial charge in [-0.1, -0.05) is 6.07 Å². The van der Waals surface area contributed by atoms with Crippen LogP contribution in [-0.2, 0) is 6.54 Å². The number of hydrogen-bond acceptors (Lipinski definition) is 5. The fourth-order valence-electron chi connectivity index (χ4n) is 2.26. The molecule has 0 unspecified atom stereocenters. The number of aromatic nitrogens is 3. The lowest BCUT2D eigenvalue weighted by molar-refractivity contribution is 0.395. The molecule has 0 spiro atoms. The predicted octanol–water partition coefficient (Wildman–Crippen LogP) is 3.09. The van der Waals surface area contributed by atoms with Crippen LogP contribution in [0.15, 0.2) is 55.0 Å². The number of pyridine rings is 1. The molecular weight excluding hydrogens is 292 g/mol. The van der Waals surface area contributed by atoms with Crippen molar-refractivity contribution in [2.24, 2.45) is 0 Å². The number of rotatable bonds is 6. The maximum atomic E-state index is 5.29. The molecule has 1 N–H and O–H groups in total. The minimum Gasteiger partial charge on any atom is -0.497 e. The number of nitrogens with zero attached hydrogens (tertiary/aromatic N) is 3. The molecule has 118 valence electrons. The van der Waals surface area contributed by atoms with Crippen LogP contribution in [0.25, 0.3) is 0 Å². The Balaban J connectivity index is 1.83. The Morgan fingerprint density at radius 1 is 1.04 bits per heavy atom. The smallest absolute Gasteiger partial charge is 0.129 e. The molecule has 2 aromatic heterocycles. The number of ether oxygens (including phenoxy) is 2. The third-order valence-corrected chi connectivity index (χ3v) is 3.40. The topological polar surface area (TPSA) is 61.2 Å². The average molecular weight is 310 g/mol. The van der Waals surface area contributed by atoms with Gasteiger partial charge in [-0.3, -0.25) is 4.98 Å². The molecule has 0 aliphatic rings. The average Bonchev–Trinajstić information content (AvgIpc) is 3.02. The highest BCUT2D eigenvalue weighted by molar-refractivity contribution is 5.61. The first kappa shape index (κ1) is 14.9. The summed E-state index contributed by atoms with van der Waals surface area (Å²) in [4.78, 5) is 4.13. The Bertz CT molecular complexity index is 749. The fraction of sp³-hybridized carbons (Fsp3) is 0.176. The van der Waals surface area contributed by atoms with Gasteiger partial charge in [-0.15, -0.1) is 0 Å². The summed E-state index contributed by atoms with van der Waals surface area (Å²) in [5.74, 6) is 2.33. The minimum atomic E-state index is 0.643. The lowest BCUT2D eigenvalue weighted by atomic mass is 10.2. The van der Waals surface area contributed by atoms with E-state index in [0.717, 1.165) is 28.6 Å². The van der Waals surface area contributed by atoms with E-state index >= 15 is 0 Å². The quantitative estimate of drug-likeness (QED) is 0.758. The van der Waals surface area contributed by atoms with Crippen molar-refractivity contribution in [3.05, 3.63) is 60.6 Å². The second kappa shape index (κ2) is 6.83. The molecule has 0 aliphatic carbocycles. The Morgan fingerprint density at radius 2 is 1.83 bits per heavy atom. The van der Waals surface area contributed by atoms with E-state index in [1.54, 1.807) is 26.6 Å². The maximum absolute atomic E-state index is 5.29. The van der Waals surface area contributed by atoms with Gasteiger partial charge in [0.15, 0.2) is 0 Å². The van der Waals surface area contributed by atoms with Gasteiger partial charge < -0.3 is 14.8 Å². The molecule has 3 rings (SSSR count). The van der Waals surface area contributed by atoms with E-state index < -0.39 is 0 Å². The molecule has 23 heavy (non-hydrogen) atoms. The molecule has 2 heterocycles. The number of hydrogen-bond donors (Lipinski definition) is 1. The summed E-state index contributed by atoms with van der Waals surface area (Å²) >= 11 is 0. The predicted molar refractivity (Wildman–Crippen MR) is 88.4 cm³/mol. The van der Waals surface area contributed by atoms with E-state index in [1.165, 1.54) is 0 Å². The maximum Gasteiger partial charge on any atom is 0.129 e. The van der Waals surface area contributed by atoms with Crippen molar-refractivity contribution < 1.29 is 9.47 Å². The summed E-state index contributed by atoms with van der Waals surface area (Å²) in [6.45, 7) is 0.643. The van der Waals surface area contributed by atoms with Crippen LogP contribution in [0.3, 0.4) is 0 Å².